The molecule has 0 atom stereocenters. The number of carboxylic acid groups (broad SMARTS) is 2. The zero-order chi connectivity index (χ0) is 13.7. The van der Waals surface area contributed by atoms with Gasteiger partial charge in [0.25, 0.3) is 0 Å². The molecule has 0 aromatic carbocycles. The van der Waals surface area contributed by atoms with Gasteiger partial charge in [-0.15, -0.1) is 0 Å². The first kappa shape index (κ1) is 17.4. The molecule has 0 aliphatic heterocycles. The van der Waals surface area contributed by atoms with E-state index in [1.807, 2.05) is 26.0 Å². The molecule has 0 radical (unpaired) electrons. The van der Waals surface area contributed by atoms with Crippen LogP contribution in [0.3, 0.4) is 0 Å². The summed E-state index contributed by atoms with van der Waals surface area (Å²) in [5.41, 5.74) is 6.12. The van der Waals surface area contributed by atoms with Gasteiger partial charge in [0, 0.05) is 0 Å². The van der Waals surface area contributed by atoms with Gasteiger partial charge in [0.05, 0.1) is 12.3 Å². The van der Waals surface area contributed by atoms with Gasteiger partial charge in [-0.25, -0.2) is 9.59 Å². The first-order chi connectivity index (χ1) is 7.95. The molecule has 4 N–H and O–H groups in total. The van der Waals surface area contributed by atoms with Crippen molar-refractivity contribution in [2.75, 3.05) is 0 Å². The van der Waals surface area contributed by atoms with Crippen LogP contribution in [0.1, 0.15) is 13.8 Å². The van der Waals surface area contributed by atoms with Crippen LogP contribution in [-0.4, -0.2) is 31.9 Å². The predicted molar refractivity (Wildman–Crippen MR) is 66.8 cm³/mol. The topological polar surface area (TPSA) is 110 Å². The lowest BCUT2D eigenvalue weighted by molar-refractivity contribution is -0.135. The van der Waals surface area contributed by atoms with Crippen LogP contribution in [0.5, 0.6) is 0 Å². The highest BCUT2D eigenvalue weighted by Gasteiger charge is 2.01. The minimum absolute atomic E-state index is 0.367. The molecule has 0 saturated carbocycles. The molecule has 17 heavy (non-hydrogen) atoms. The van der Waals surface area contributed by atoms with Crippen molar-refractivity contribution in [2.24, 2.45) is 5.73 Å². The second-order valence-electron chi connectivity index (χ2n) is 2.61. The number of carboxylic acids is 2. The molecule has 0 amide bonds. The quantitative estimate of drug-likeness (QED) is 0.280. The monoisotopic (exact) mass is 259 g/mol. The lowest BCUT2D eigenvalue weighted by atomic mass is 10.4. The number of hydrogen-bond donors (Lipinski definition) is 3. The maximum Gasteiger partial charge on any atom is 0.352 e. The van der Waals surface area contributed by atoms with E-state index in [2.05, 4.69) is 5.70 Å². The first-order valence-electron chi connectivity index (χ1n) is 4.73. The molecule has 0 aromatic heterocycles. The van der Waals surface area contributed by atoms with Crippen molar-refractivity contribution in [2.45, 2.75) is 13.8 Å². The van der Waals surface area contributed by atoms with Gasteiger partial charge < -0.3 is 20.4 Å². The Kier molecular flexibility index (Phi) is 12.3. The van der Waals surface area contributed by atoms with E-state index in [1.165, 1.54) is 0 Å². The molecule has 0 aliphatic carbocycles. The average molecular weight is 259 g/mol. The maximum atomic E-state index is 9.78. The van der Waals surface area contributed by atoms with Crippen LogP contribution in [0.2, 0.25) is 0 Å². The number of aliphatic carboxylic acids is 2. The van der Waals surface area contributed by atoms with Gasteiger partial charge in [0.15, 0.2) is 0 Å². The summed E-state index contributed by atoms with van der Waals surface area (Å²) >= 11 is 0. The zero-order valence-corrected chi connectivity index (χ0v) is 11.2. The van der Waals surface area contributed by atoms with Gasteiger partial charge in [-0.05, 0) is 13.8 Å². The second kappa shape index (κ2) is 12.0. The molecule has 96 valence electrons. The minimum atomic E-state index is -1.43. The highest BCUT2D eigenvalue weighted by Crippen LogP contribution is 1.81. The van der Waals surface area contributed by atoms with Gasteiger partial charge in [-0.3, -0.25) is 0 Å². The second-order valence-corrected chi connectivity index (χ2v) is 3.75. The Labute approximate surface area is 102 Å². The Morgan fingerprint density at radius 2 is 1.82 bits per heavy atom. The van der Waals surface area contributed by atoms with E-state index in [-0.39, 0.29) is 9.76 Å². The molecule has 0 bridgehead atoms. The number of allylic oxidation sites excluding steroid dienone is 2. The Hall–Kier alpha value is -2.02. The van der Waals surface area contributed by atoms with E-state index < -0.39 is 17.6 Å². The summed E-state index contributed by atoms with van der Waals surface area (Å²) in [6.45, 7) is 3.95. The summed E-state index contributed by atoms with van der Waals surface area (Å²) in [6.07, 6.45) is 6.08. The zero-order valence-electron chi connectivity index (χ0n) is 9.79. The molecule has 0 aromatic rings. The third kappa shape index (κ3) is 16.6. The molecule has 0 spiro atoms. The van der Waals surface area contributed by atoms with Crippen molar-refractivity contribution in [3.05, 3.63) is 35.9 Å². The molecule has 0 fully saturated rings. The van der Waals surface area contributed by atoms with Crippen molar-refractivity contribution in [1.29, 1.82) is 0 Å². The molecule has 0 heterocycles. The van der Waals surface area contributed by atoms with Gasteiger partial charge in [0.2, 0.25) is 9.76 Å². The summed E-state index contributed by atoms with van der Waals surface area (Å²) in [5.74, 6) is -2.80. The third-order valence-corrected chi connectivity index (χ3v) is 2.24. The lowest BCUT2D eigenvalue weighted by Crippen LogP contribution is -2.11. The summed E-state index contributed by atoms with van der Waals surface area (Å²) in [4.78, 5) is 19.5. The van der Waals surface area contributed by atoms with Crippen LogP contribution in [0.4, 0.5) is 0 Å². The molecule has 0 rings (SSSR count). The van der Waals surface area contributed by atoms with E-state index in [1.54, 1.807) is 6.26 Å². The number of hydrogen-bond acceptors (Lipinski definition) is 4. The van der Waals surface area contributed by atoms with Crippen LogP contribution in [0.15, 0.2) is 35.9 Å². The number of nitrogens with two attached hydrogens (primary N) is 1. The highest BCUT2D eigenvalue weighted by atomic mass is 28.2. The summed E-state index contributed by atoms with van der Waals surface area (Å²) < 4.78 is 5.09. The standard InChI is InChI=1S/C6H12OSi.C4H5NO4/c1-3-5-7-8-6-4-2;5-2(4(8)9)1-3(6)7/h3-6H,8H2,1-2H3;1H,5H2,(H,6,7)(H,8,9)/b;2-1+. The van der Waals surface area contributed by atoms with Crippen molar-refractivity contribution < 1.29 is 24.2 Å². The predicted octanol–water partition coefficient (Wildman–Crippen LogP) is 0.152. The molecule has 0 aliphatic rings. The van der Waals surface area contributed by atoms with E-state index in [9.17, 15) is 9.59 Å². The van der Waals surface area contributed by atoms with Crippen LogP contribution >= 0.6 is 0 Å². The fourth-order valence-electron chi connectivity index (χ4n) is 0.498. The minimum Gasteiger partial charge on any atom is -0.551 e. The fourth-order valence-corrected chi connectivity index (χ4v) is 1.11. The molecular formula is C10H17NO5Si. The van der Waals surface area contributed by atoms with E-state index in [0.717, 1.165) is 0 Å². The molecule has 6 nitrogen and oxygen atoms in total. The largest absolute Gasteiger partial charge is 0.551 e. The Morgan fingerprint density at radius 3 is 2.12 bits per heavy atom. The van der Waals surface area contributed by atoms with Crippen LogP contribution in [-0.2, 0) is 14.0 Å². The first-order valence-corrected chi connectivity index (χ1v) is 6.12. The molecule has 7 heteroatoms. The van der Waals surface area contributed by atoms with Crippen molar-refractivity contribution in [3.8, 4) is 0 Å². The number of rotatable bonds is 5. The Bertz CT molecular complexity index is 311. The van der Waals surface area contributed by atoms with Gasteiger partial charge in [0.1, 0.15) is 5.70 Å². The van der Waals surface area contributed by atoms with E-state index in [0.29, 0.717) is 6.08 Å². The van der Waals surface area contributed by atoms with Crippen molar-refractivity contribution >= 4 is 21.7 Å². The highest BCUT2D eigenvalue weighted by molar-refractivity contribution is 6.34. The van der Waals surface area contributed by atoms with E-state index in [4.69, 9.17) is 20.4 Å². The molecule has 0 saturated heterocycles. The summed E-state index contributed by atoms with van der Waals surface area (Å²) in [5, 5.41) is 15.9. The normalized spacial score (nSPS) is 11.8. The summed E-state index contributed by atoms with van der Waals surface area (Å²) in [7, 11) is -0.367. The molecular weight excluding hydrogens is 242 g/mol. The average Bonchev–Trinajstić information content (AvgIpc) is 2.24. The van der Waals surface area contributed by atoms with Crippen molar-refractivity contribution in [3.63, 3.8) is 0 Å². The van der Waals surface area contributed by atoms with E-state index >= 15 is 0 Å². The van der Waals surface area contributed by atoms with Crippen LogP contribution < -0.4 is 5.73 Å². The van der Waals surface area contributed by atoms with Gasteiger partial charge >= 0.3 is 11.9 Å². The van der Waals surface area contributed by atoms with Gasteiger partial charge in [-0.1, -0.05) is 17.9 Å². The van der Waals surface area contributed by atoms with Crippen molar-refractivity contribution in [1.82, 2.24) is 0 Å². The van der Waals surface area contributed by atoms with Crippen LogP contribution in [0.25, 0.3) is 0 Å². The lowest BCUT2D eigenvalue weighted by Gasteiger charge is -1.89. The fraction of sp³-hybridized carbons (Fsp3) is 0.200. The third-order valence-electron chi connectivity index (χ3n) is 1.19. The maximum absolute atomic E-state index is 9.78. The number of carbonyl (C=O) groups is 2. The Morgan fingerprint density at radius 1 is 1.24 bits per heavy atom. The molecule has 0 unspecified atom stereocenters. The smallest absolute Gasteiger partial charge is 0.352 e. The Balaban J connectivity index is 0. The van der Waals surface area contributed by atoms with Gasteiger partial charge in [-0.2, -0.15) is 0 Å². The van der Waals surface area contributed by atoms with Crippen LogP contribution in [0, 0.1) is 0 Å². The SMILES string of the molecule is CC=CO[SiH2]C=CC.N/C(=C/C(=O)O)C(=O)O. The summed E-state index contributed by atoms with van der Waals surface area (Å²) in [6, 6.07) is 0.